The Morgan fingerprint density at radius 1 is 0.944 bits per heavy atom. The maximum absolute atomic E-state index is 14.0. The normalized spacial score (nSPS) is 10.9. The molecule has 0 aliphatic heterocycles. The molecule has 1 N–H and O–H groups in total. The van der Waals surface area contributed by atoms with Crippen LogP contribution in [0.25, 0.3) is 17.0 Å². The minimum absolute atomic E-state index is 0.174. The molecule has 1 aromatic heterocycles. The van der Waals surface area contributed by atoms with Gasteiger partial charge in [0.2, 0.25) is 0 Å². The predicted molar refractivity (Wildman–Crippen MR) is 152 cm³/mol. The molecular formula is C33H41FN2. The SMILES string of the molecule is C=C(CC)CCc1cccnc1-c1ccc(CCCCCC)c(C(=C)NCc2ccc(C)c(F)c2)c1. The molecule has 0 saturated carbocycles. The zero-order valence-electron chi connectivity index (χ0n) is 22.3. The van der Waals surface area contributed by atoms with Gasteiger partial charge in [-0.05, 0) is 79.5 Å². The van der Waals surface area contributed by atoms with Gasteiger partial charge in [0.1, 0.15) is 5.82 Å². The van der Waals surface area contributed by atoms with Gasteiger partial charge < -0.3 is 5.32 Å². The number of nitrogens with one attached hydrogen (secondary N) is 1. The Morgan fingerprint density at radius 3 is 2.53 bits per heavy atom. The van der Waals surface area contributed by atoms with Crippen LogP contribution in [0.15, 0.2) is 73.5 Å². The van der Waals surface area contributed by atoms with Crippen LogP contribution in [0.5, 0.6) is 0 Å². The van der Waals surface area contributed by atoms with E-state index in [9.17, 15) is 4.39 Å². The number of rotatable bonds is 14. The van der Waals surface area contributed by atoms with Gasteiger partial charge in [0.15, 0.2) is 0 Å². The van der Waals surface area contributed by atoms with E-state index in [0.29, 0.717) is 12.1 Å². The van der Waals surface area contributed by atoms with E-state index < -0.39 is 0 Å². The first-order valence-corrected chi connectivity index (χ1v) is 13.3. The Hall–Kier alpha value is -3.20. The van der Waals surface area contributed by atoms with E-state index in [1.165, 1.54) is 36.0 Å². The molecule has 0 radical (unpaired) electrons. The van der Waals surface area contributed by atoms with Crippen LogP contribution in [0, 0.1) is 12.7 Å². The summed E-state index contributed by atoms with van der Waals surface area (Å²) >= 11 is 0. The average molecular weight is 485 g/mol. The molecular weight excluding hydrogens is 443 g/mol. The van der Waals surface area contributed by atoms with Gasteiger partial charge in [0, 0.05) is 29.6 Å². The van der Waals surface area contributed by atoms with Crippen LogP contribution in [0.4, 0.5) is 4.39 Å². The average Bonchev–Trinajstić information content (AvgIpc) is 2.90. The zero-order chi connectivity index (χ0) is 25.9. The van der Waals surface area contributed by atoms with Crippen LogP contribution in [0.3, 0.4) is 0 Å². The van der Waals surface area contributed by atoms with Crippen molar-refractivity contribution in [1.29, 1.82) is 0 Å². The molecule has 0 aliphatic carbocycles. The highest BCUT2D eigenvalue weighted by Crippen LogP contribution is 2.29. The molecule has 0 fully saturated rings. The summed E-state index contributed by atoms with van der Waals surface area (Å²) in [6.07, 6.45) is 10.7. The van der Waals surface area contributed by atoms with Gasteiger partial charge in [-0.25, -0.2) is 4.39 Å². The Labute approximate surface area is 217 Å². The first-order valence-electron chi connectivity index (χ1n) is 13.3. The summed E-state index contributed by atoms with van der Waals surface area (Å²) in [7, 11) is 0. The number of aromatic nitrogens is 1. The summed E-state index contributed by atoms with van der Waals surface area (Å²) in [5, 5.41) is 3.45. The molecule has 0 amide bonds. The summed E-state index contributed by atoms with van der Waals surface area (Å²) in [4.78, 5) is 4.76. The van der Waals surface area contributed by atoms with E-state index in [1.807, 2.05) is 24.4 Å². The molecule has 2 aromatic carbocycles. The van der Waals surface area contributed by atoms with Gasteiger partial charge in [-0.15, -0.1) is 0 Å². The molecule has 2 nitrogen and oxygen atoms in total. The summed E-state index contributed by atoms with van der Waals surface area (Å²) in [6, 6.07) is 16.2. The van der Waals surface area contributed by atoms with Gasteiger partial charge in [-0.2, -0.15) is 0 Å². The Morgan fingerprint density at radius 2 is 1.78 bits per heavy atom. The highest BCUT2D eigenvalue weighted by atomic mass is 19.1. The van der Waals surface area contributed by atoms with Crippen molar-refractivity contribution in [3.8, 4) is 11.3 Å². The fourth-order valence-electron chi connectivity index (χ4n) is 4.40. The molecule has 1 heterocycles. The Balaban J connectivity index is 1.87. The van der Waals surface area contributed by atoms with Gasteiger partial charge in [-0.1, -0.05) is 82.2 Å². The van der Waals surface area contributed by atoms with Crippen LogP contribution in [-0.4, -0.2) is 4.98 Å². The van der Waals surface area contributed by atoms with Crippen molar-refractivity contribution in [1.82, 2.24) is 10.3 Å². The number of allylic oxidation sites excluding steroid dienone is 1. The van der Waals surface area contributed by atoms with Crippen LogP contribution < -0.4 is 5.32 Å². The Kier molecular flexibility index (Phi) is 10.5. The molecule has 3 aromatic rings. The minimum atomic E-state index is -0.174. The standard InChI is InChI=1S/C33H41FN2/c1-6-8-9-10-12-28-18-19-30(33-29(13-11-20-35-33)17-14-24(3)7-2)22-31(28)26(5)36-23-27-16-15-25(4)32(34)21-27/h11,13,15-16,18-22,36H,3,5-10,12,14,17,23H2,1-2,4H3. The van der Waals surface area contributed by atoms with Crippen LogP contribution >= 0.6 is 0 Å². The van der Waals surface area contributed by atoms with E-state index in [0.717, 1.165) is 60.2 Å². The van der Waals surface area contributed by atoms with Crippen molar-refractivity contribution in [3.63, 3.8) is 0 Å². The van der Waals surface area contributed by atoms with E-state index in [4.69, 9.17) is 4.98 Å². The van der Waals surface area contributed by atoms with Gasteiger partial charge in [-0.3, -0.25) is 4.98 Å². The summed E-state index contributed by atoms with van der Waals surface area (Å²) < 4.78 is 14.0. The lowest BCUT2D eigenvalue weighted by Gasteiger charge is -2.17. The molecule has 0 saturated heterocycles. The second-order valence-electron chi connectivity index (χ2n) is 9.71. The van der Waals surface area contributed by atoms with Crippen molar-refractivity contribution in [2.45, 2.75) is 78.7 Å². The largest absolute Gasteiger partial charge is 0.381 e. The molecule has 0 bridgehead atoms. The lowest BCUT2D eigenvalue weighted by molar-refractivity contribution is 0.615. The minimum Gasteiger partial charge on any atom is -0.381 e. The lowest BCUT2D eigenvalue weighted by atomic mass is 9.93. The fourth-order valence-corrected chi connectivity index (χ4v) is 4.40. The molecule has 190 valence electrons. The van der Waals surface area contributed by atoms with Gasteiger partial charge in [0.25, 0.3) is 0 Å². The maximum Gasteiger partial charge on any atom is 0.126 e. The van der Waals surface area contributed by atoms with Crippen molar-refractivity contribution >= 4 is 5.70 Å². The first-order chi connectivity index (χ1) is 17.4. The number of aryl methyl sites for hydroxylation is 3. The smallest absolute Gasteiger partial charge is 0.126 e. The highest BCUT2D eigenvalue weighted by Gasteiger charge is 2.13. The van der Waals surface area contributed by atoms with Crippen molar-refractivity contribution < 1.29 is 4.39 Å². The third-order valence-corrected chi connectivity index (χ3v) is 6.89. The number of pyridine rings is 1. The van der Waals surface area contributed by atoms with E-state index in [-0.39, 0.29) is 5.82 Å². The molecule has 0 unspecified atom stereocenters. The summed E-state index contributed by atoms with van der Waals surface area (Å²) in [6.45, 7) is 15.3. The molecule has 36 heavy (non-hydrogen) atoms. The maximum atomic E-state index is 14.0. The number of hydrogen-bond acceptors (Lipinski definition) is 2. The van der Waals surface area contributed by atoms with Crippen LogP contribution in [0.2, 0.25) is 0 Å². The summed E-state index contributed by atoms with van der Waals surface area (Å²) in [5.41, 5.74) is 9.46. The zero-order valence-corrected chi connectivity index (χ0v) is 22.3. The molecule has 3 heteroatoms. The predicted octanol–water partition coefficient (Wildman–Crippen LogP) is 8.98. The Bertz CT molecular complexity index is 1180. The monoisotopic (exact) mass is 484 g/mol. The third kappa shape index (κ3) is 7.65. The van der Waals surface area contributed by atoms with Crippen LogP contribution in [0.1, 0.15) is 80.2 Å². The van der Waals surface area contributed by atoms with Crippen molar-refractivity contribution in [2.75, 3.05) is 0 Å². The summed E-state index contributed by atoms with van der Waals surface area (Å²) in [5.74, 6) is -0.174. The van der Waals surface area contributed by atoms with Gasteiger partial charge in [0.05, 0.1) is 5.69 Å². The van der Waals surface area contributed by atoms with E-state index >= 15 is 0 Å². The van der Waals surface area contributed by atoms with E-state index in [2.05, 4.69) is 56.6 Å². The number of benzene rings is 2. The molecule has 0 spiro atoms. The third-order valence-electron chi connectivity index (χ3n) is 6.89. The van der Waals surface area contributed by atoms with Crippen molar-refractivity contribution in [3.05, 3.63) is 107 Å². The number of hydrogen-bond donors (Lipinski definition) is 1. The number of unbranched alkanes of at least 4 members (excludes halogenated alkanes) is 3. The van der Waals surface area contributed by atoms with Crippen molar-refractivity contribution in [2.24, 2.45) is 0 Å². The topological polar surface area (TPSA) is 24.9 Å². The number of nitrogens with zero attached hydrogens (tertiary/aromatic N) is 1. The molecule has 0 aliphatic rings. The van der Waals surface area contributed by atoms with Gasteiger partial charge >= 0.3 is 0 Å². The molecule has 3 rings (SSSR count). The number of halogens is 1. The van der Waals surface area contributed by atoms with E-state index in [1.54, 1.807) is 13.0 Å². The quantitative estimate of drug-likeness (QED) is 0.182. The fraction of sp³-hybridized carbons (Fsp3) is 0.364. The lowest BCUT2D eigenvalue weighted by Crippen LogP contribution is -2.13. The highest BCUT2D eigenvalue weighted by molar-refractivity contribution is 5.73. The second kappa shape index (κ2) is 13.8. The van der Waals surface area contributed by atoms with Crippen LogP contribution in [-0.2, 0) is 19.4 Å². The molecule has 0 atom stereocenters. The first kappa shape index (κ1) is 27.4. The second-order valence-corrected chi connectivity index (χ2v) is 9.71.